The number of hydrogen-bond acceptors (Lipinski definition) is 5. The highest BCUT2D eigenvalue weighted by Crippen LogP contribution is 2.16. The molecule has 1 aromatic carbocycles. The Hall–Kier alpha value is -2.86. The fourth-order valence-corrected chi connectivity index (χ4v) is 2.74. The van der Waals surface area contributed by atoms with Crippen LogP contribution in [-0.4, -0.2) is 41.6 Å². The number of fused-ring (bicyclic) bond motifs is 1. The molecular weight excluding hydrogens is 330 g/mol. The maximum atomic E-state index is 12.3. The molecule has 0 bridgehead atoms. The van der Waals surface area contributed by atoms with Gasteiger partial charge in [0.2, 0.25) is 0 Å². The monoisotopic (exact) mass is 353 g/mol. The molecule has 3 rings (SSSR count). The van der Waals surface area contributed by atoms with E-state index in [4.69, 9.17) is 9.47 Å². The molecule has 0 saturated carbocycles. The molecule has 26 heavy (non-hydrogen) atoms. The maximum absolute atomic E-state index is 12.3. The Bertz CT molecular complexity index is 935. The zero-order valence-electron chi connectivity index (χ0n) is 15.3. The van der Waals surface area contributed by atoms with E-state index >= 15 is 0 Å². The van der Waals surface area contributed by atoms with Gasteiger partial charge in [0.25, 0.3) is 5.56 Å². The fourth-order valence-electron chi connectivity index (χ4n) is 2.74. The predicted molar refractivity (Wildman–Crippen MR) is 101 cm³/mol. The summed E-state index contributed by atoms with van der Waals surface area (Å²) in [6.45, 7) is 3.82. The van der Waals surface area contributed by atoms with Gasteiger partial charge in [0.1, 0.15) is 23.8 Å². The van der Waals surface area contributed by atoms with Gasteiger partial charge >= 0.3 is 0 Å². The summed E-state index contributed by atoms with van der Waals surface area (Å²) in [5, 5.41) is 0. The molecule has 0 N–H and O–H groups in total. The average molecular weight is 353 g/mol. The number of pyridine rings is 1. The van der Waals surface area contributed by atoms with Crippen LogP contribution in [0.2, 0.25) is 0 Å². The second-order valence-electron chi connectivity index (χ2n) is 6.23. The van der Waals surface area contributed by atoms with Crippen molar-refractivity contribution in [2.45, 2.75) is 13.5 Å². The largest absolute Gasteiger partial charge is 0.497 e. The standard InChI is InChI=1S/C20H23N3O3/c1-15-5-4-10-23-19(24)13-16(21-20(15)23)14-22(2)11-12-26-18-8-6-17(25-3)7-9-18/h4-10,13H,11-12,14H2,1-3H3. The van der Waals surface area contributed by atoms with Crippen LogP contribution in [0.3, 0.4) is 0 Å². The molecule has 3 aromatic rings. The van der Waals surface area contributed by atoms with Gasteiger partial charge in [0, 0.05) is 25.4 Å². The maximum Gasteiger partial charge on any atom is 0.258 e. The molecule has 6 nitrogen and oxygen atoms in total. The summed E-state index contributed by atoms with van der Waals surface area (Å²) in [5.74, 6) is 1.61. The molecule has 0 atom stereocenters. The van der Waals surface area contributed by atoms with Gasteiger partial charge in [0.05, 0.1) is 12.8 Å². The Balaban J connectivity index is 1.59. The lowest BCUT2D eigenvalue weighted by Crippen LogP contribution is -2.26. The molecule has 0 unspecified atom stereocenters. The third-order valence-corrected chi connectivity index (χ3v) is 4.17. The first-order valence-electron chi connectivity index (χ1n) is 8.50. The SMILES string of the molecule is COc1ccc(OCCN(C)Cc2cc(=O)n3cccc(C)c3n2)cc1. The third kappa shape index (κ3) is 4.21. The number of ether oxygens (including phenoxy) is 2. The first-order chi connectivity index (χ1) is 12.6. The van der Waals surface area contributed by atoms with E-state index in [2.05, 4.69) is 9.88 Å². The summed E-state index contributed by atoms with van der Waals surface area (Å²) in [4.78, 5) is 19.0. The van der Waals surface area contributed by atoms with Crippen molar-refractivity contribution in [1.82, 2.24) is 14.3 Å². The molecule has 0 aliphatic heterocycles. The Morgan fingerprint density at radius 2 is 1.88 bits per heavy atom. The molecule has 0 amide bonds. The van der Waals surface area contributed by atoms with Gasteiger partial charge < -0.3 is 9.47 Å². The van der Waals surface area contributed by atoms with Crippen molar-refractivity contribution in [3.05, 3.63) is 70.3 Å². The second kappa shape index (κ2) is 8.01. The van der Waals surface area contributed by atoms with Crippen molar-refractivity contribution in [2.24, 2.45) is 0 Å². The van der Waals surface area contributed by atoms with Crippen LogP contribution in [-0.2, 0) is 6.54 Å². The molecule has 6 heteroatoms. The first kappa shape index (κ1) is 17.9. The number of aryl methyl sites for hydroxylation is 1. The van der Waals surface area contributed by atoms with Crippen molar-refractivity contribution in [2.75, 3.05) is 27.3 Å². The summed E-state index contributed by atoms with van der Waals surface area (Å²) in [7, 11) is 3.62. The highest BCUT2D eigenvalue weighted by molar-refractivity contribution is 5.46. The minimum absolute atomic E-state index is 0.0587. The Kier molecular flexibility index (Phi) is 5.53. The number of hydrogen-bond donors (Lipinski definition) is 0. The smallest absolute Gasteiger partial charge is 0.258 e. The minimum atomic E-state index is -0.0587. The van der Waals surface area contributed by atoms with E-state index in [0.29, 0.717) is 18.8 Å². The van der Waals surface area contributed by atoms with Crippen LogP contribution in [0.1, 0.15) is 11.3 Å². The first-order valence-corrected chi connectivity index (χ1v) is 8.50. The summed E-state index contributed by atoms with van der Waals surface area (Å²) in [6.07, 6.45) is 1.74. The van der Waals surface area contributed by atoms with E-state index in [0.717, 1.165) is 29.3 Å². The van der Waals surface area contributed by atoms with Crippen LogP contribution in [0.5, 0.6) is 11.5 Å². The molecule has 0 aliphatic rings. The third-order valence-electron chi connectivity index (χ3n) is 4.17. The van der Waals surface area contributed by atoms with E-state index in [1.54, 1.807) is 23.8 Å². The quantitative estimate of drug-likeness (QED) is 0.653. The molecule has 2 heterocycles. The van der Waals surface area contributed by atoms with Crippen molar-refractivity contribution < 1.29 is 9.47 Å². The fraction of sp³-hybridized carbons (Fsp3) is 0.300. The van der Waals surface area contributed by atoms with Crippen molar-refractivity contribution in [1.29, 1.82) is 0 Å². The molecule has 0 radical (unpaired) electrons. The topological polar surface area (TPSA) is 56.1 Å². The van der Waals surface area contributed by atoms with Crippen LogP contribution in [0.4, 0.5) is 0 Å². The zero-order valence-corrected chi connectivity index (χ0v) is 15.3. The number of benzene rings is 1. The zero-order chi connectivity index (χ0) is 18.5. The van der Waals surface area contributed by atoms with Crippen molar-refractivity contribution in [3.8, 4) is 11.5 Å². The van der Waals surface area contributed by atoms with Crippen LogP contribution < -0.4 is 15.0 Å². The van der Waals surface area contributed by atoms with Gasteiger partial charge in [-0.15, -0.1) is 0 Å². The lowest BCUT2D eigenvalue weighted by atomic mass is 10.3. The van der Waals surface area contributed by atoms with E-state index in [1.165, 1.54) is 0 Å². The number of likely N-dealkylation sites (N-methyl/N-ethyl adjacent to an activating group) is 1. The van der Waals surface area contributed by atoms with Crippen LogP contribution >= 0.6 is 0 Å². The Morgan fingerprint density at radius 3 is 2.62 bits per heavy atom. The second-order valence-corrected chi connectivity index (χ2v) is 6.23. The normalized spacial score (nSPS) is 11.1. The summed E-state index contributed by atoms with van der Waals surface area (Å²) >= 11 is 0. The summed E-state index contributed by atoms with van der Waals surface area (Å²) in [5.41, 5.74) is 2.39. The van der Waals surface area contributed by atoms with Crippen LogP contribution in [0.15, 0.2) is 53.5 Å². The van der Waals surface area contributed by atoms with E-state index in [1.807, 2.05) is 50.4 Å². The number of rotatable bonds is 7. The average Bonchev–Trinajstić information content (AvgIpc) is 2.63. The van der Waals surface area contributed by atoms with Crippen molar-refractivity contribution in [3.63, 3.8) is 0 Å². The van der Waals surface area contributed by atoms with Crippen molar-refractivity contribution >= 4 is 5.65 Å². The van der Waals surface area contributed by atoms with Gasteiger partial charge in [-0.2, -0.15) is 0 Å². The minimum Gasteiger partial charge on any atom is -0.497 e. The lowest BCUT2D eigenvalue weighted by molar-refractivity contribution is 0.231. The van der Waals surface area contributed by atoms with E-state index in [-0.39, 0.29) is 5.56 Å². The van der Waals surface area contributed by atoms with Crippen LogP contribution in [0, 0.1) is 6.92 Å². The van der Waals surface area contributed by atoms with Gasteiger partial charge in [-0.25, -0.2) is 4.98 Å². The molecule has 0 saturated heterocycles. The summed E-state index contributed by atoms with van der Waals surface area (Å²) in [6, 6.07) is 12.9. The molecule has 136 valence electrons. The van der Waals surface area contributed by atoms with Gasteiger partial charge in [-0.05, 0) is 49.9 Å². The lowest BCUT2D eigenvalue weighted by Gasteiger charge is -2.17. The van der Waals surface area contributed by atoms with Crippen LogP contribution in [0.25, 0.3) is 5.65 Å². The van der Waals surface area contributed by atoms with E-state index < -0.39 is 0 Å². The number of nitrogens with zero attached hydrogens (tertiary/aromatic N) is 3. The molecule has 0 spiro atoms. The summed E-state index contributed by atoms with van der Waals surface area (Å²) < 4.78 is 12.4. The van der Waals surface area contributed by atoms with Gasteiger partial charge in [-0.3, -0.25) is 14.1 Å². The molecule has 2 aromatic heterocycles. The predicted octanol–water partition coefficient (Wildman–Crippen LogP) is 2.52. The highest BCUT2D eigenvalue weighted by atomic mass is 16.5. The Labute approximate surface area is 152 Å². The number of aromatic nitrogens is 2. The Morgan fingerprint density at radius 1 is 1.15 bits per heavy atom. The van der Waals surface area contributed by atoms with Gasteiger partial charge in [-0.1, -0.05) is 6.07 Å². The molecule has 0 fully saturated rings. The number of methoxy groups -OCH3 is 1. The molecule has 0 aliphatic carbocycles. The molecular formula is C20H23N3O3. The highest BCUT2D eigenvalue weighted by Gasteiger charge is 2.07. The van der Waals surface area contributed by atoms with E-state index in [9.17, 15) is 4.79 Å². The van der Waals surface area contributed by atoms with Gasteiger partial charge in [0.15, 0.2) is 0 Å².